The van der Waals surface area contributed by atoms with Crippen LogP contribution in [0.1, 0.15) is 25.7 Å². The Kier molecular flexibility index (Phi) is 5.41. The average molecular weight is 277 g/mol. The van der Waals surface area contributed by atoms with Gasteiger partial charge in [-0.25, -0.2) is 8.42 Å². The lowest BCUT2D eigenvalue weighted by Crippen LogP contribution is -2.38. The van der Waals surface area contributed by atoms with Crippen LogP contribution < -0.4 is 5.32 Å². The molecule has 2 fully saturated rings. The second-order valence-corrected chi connectivity index (χ2v) is 7.32. The molecule has 106 valence electrons. The fourth-order valence-corrected chi connectivity index (χ4v) is 3.89. The monoisotopic (exact) mass is 277 g/mol. The zero-order chi connectivity index (χ0) is 12.8. The molecule has 0 aromatic heterocycles. The van der Waals surface area contributed by atoms with Crippen LogP contribution in [0, 0.1) is 0 Å². The maximum Gasteiger partial charge on any atom is 0.154 e. The zero-order valence-corrected chi connectivity index (χ0v) is 11.6. The first kappa shape index (κ1) is 14.2. The van der Waals surface area contributed by atoms with Crippen molar-refractivity contribution in [3.63, 3.8) is 0 Å². The third-order valence-electron chi connectivity index (χ3n) is 3.53. The predicted octanol–water partition coefficient (Wildman–Crippen LogP) is 0.349. The Morgan fingerprint density at radius 2 is 1.89 bits per heavy atom. The first-order chi connectivity index (χ1) is 8.66. The van der Waals surface area contributed by atoms with Crippen molar-refractivity contribution in [2.24, 2.45) is 0 Å². The normalized spacial score (nSPS) is 26.6. The van der Waals surface area contributed by atoms with Crippen LogP contribution in [-0.4, -0.2) is 58.4 Å². The molecule has 1 N–H and O–H groups in total. The quantitative estimate of drug-likeness (QED) is 0.759. The van der Waals surface area contributed by atoms with E-state index in [-0.39, 0.29) is 17.6 Å². The summed E-state index contributed by atoms with van der Waals surface area (Å²) in [6.45, 7) is 2.81. The molecule has 0 aromatic carbocycles. The van der Waals surface area contributed by atoms with Crippen molar-refractivity contribution < 1.29 is 17.9 Å². The van der Waals surface area contributed by atoms with Crippen LogP contribution in [0.3, 0.4) is 0 Å². The molecule has 2 heterocycles. The number of hydrogen-bond acceptors (Lipinski definition) is 5. The molecule has 0 spiro atoms. The molecule has 2 aliphatic rings. The molecule has 2 rings (SSSR count). The standard InChI is InChI=1S/C12H23NO4S/c14-18(15,10-12-2-1-6-17-12)9-5-13-11-3-7-16-8-4-11/h11-13H,1-10H2. The molecule has 0 aliphatic carbocycles. The minimum Gasteiger partial charge on any atom is -0.381 e. The third kappa shape index (κ3) is 4.84. The molecule has 0 amide bonds. The number of nitrogens with one attached hydrogen (secondary N) is 1. The Morgan fingerprint density at radius 1 is 1.11 bits per heavy atom. The van der Waals surface area contributed by atoms with Gasteiger partial charge in [0.1, 0.15) is 0 Å². The van der Waals surface area contributed by atoms with Gasteiger partial charge in [0, 0.05) is 32.4 Å². The van der Waals surface area contributed by atoms with Crippen LogP contribution in [0.15, 0.2) is 0 Å². The van der Waals surface area contributed by atoms with Crippen LogP contribution in [-0.2, 0) is 19.3 Å². The van der Waals surface area contributed by atoms with E-state index >= 15 is 0 Å². The largest absolute Gasteiger partial charge is 0.381 e. The molecule has 2 saturated heterocycles. The van der Waals surface area contributed by atoms with Crippen LogP contribution in [0.5, 0.6) is 0 Å². The van der Waals surface area contributed by atoms with E-state index in [9.17, 15) is 8.42 Å². The molecule has 0 radical (unpaired) electrons. The lowest BCUT2D eigenvalue weighted by atomic mass is 10.1. The molecule has 0 bridgehead atoms. The van der Waals surface area contributed by atoms with Gasteiger partial charge in [-0.3, -0.25) is 0 Å². The molecular formula is C12H23NO4S. The summed E-state index contributed by atoms with van der Waals surface area (Å²) in [5, 5.41) is 3.30. The van der Waals surface area contributed by atoms with Crippen LogP contribution in [0.25, 0.3) is 0 Å². The summed E-state index contributed by atoms with van der Waals surface area (Å²) in [7, 11) is -2.98. The summed E-state index contributed by atoms with van der Waals surface area (Å²) in [5.41, 5.74) is 0. The van der Waals surface area contributed by atoms with Crippen molar-refractivity contribution in [2.45, 2.75) is 37.8 Å². The smallest absolute Gasteiger partial charge is 0.154 e. The minimum absolute atomic E-state index is 0.0712. The minimum atomic E-state index is -2.98. The van der Waals surface area contributed by atoms with Gasteiger partial charge >= 0.3 is 0 Å². The van der Waals surface area contributed by atoms with Gasteiger partial charge in [0.15, 0.2) is 9.84 Å². The number of ether oxygens (including phenoxy) is 2. The second-order valence-electron chi connectivity index (χ2n) is 5.09. The van der Waals surface area contributed by atoms with E-state index in [1.807, 2.05) is 0 Å². The van der Waals surface area contributed by atoms with Gasteiger partial charge in [0.05, 0.1) is 17.6 Å². The summed E-state index contributed by atoms with van der Waals surface area (Å²) in [6, 6.07) is 0.414. The summed E-state index contributed by atoms with van der Waals surface area (Å²) >= 11 is 0. The Labute approximate surface area is 109 Å². The summed E-state index contributed by atoms with van der Waals surface area (Å²) in [5.74, 6) is 0.396. The number of sulfone groups is 1. The van der Waals surface area contributed by atoms with E-state index in [1.165, 1.54) is 0 Å². The number of rotatable bonds is 6. The second kappa shape index (κ2) is 6.84. The van der Waals surface area contributed by atoms with Crippen molar-refractivity contribution in [1.82, 2.24) is 5.32 Å². The third-order valence-corrected chi connectivity index (χ3v) is 5.24. The van der Waals surface area contributed by atoms with Crippen molar-refractivity contribution in [3.8, 4) is 0 Å². The highest BCUT2D eigenvalue weighted by Gasteiger charge is 2.23. The van der Waals surface area contributed by atoms with Gasteiger partial charge in [-0.15, -0.1) is 0 Å². The van der Waals surface area contributed by atoms with Crippen LogP contribution in [0.4, 0.5) is 0 Å². The molecule has 0 saturated carbocycles. The fraction of sp³-hybridized carbons (Fsp3) is 1.00. The van der Waals surface area contributed by atoms with Gasteiger partial charge in [-0.2, -0.15) is 0 Å². The molecule has 6 heteroatoms. The van der Waals surface area contributed by atoms with Gasteiger partial charge in [-0.1, -0.05) is 0 Å². The highest BCUT2D eigenvalue weighted by molar-refractivity contribution is 7.91. The van der Waals surface area contributed by atoms with Crippen molar-refractivity contribution in [2.75, 3.05) is 37.9 Å². The molecular weight excluding hydrogens is 254 g/mol. The van der Waals surface area contributed by atoms with E-state index in [1.54, 1.807) is 0 Å². The Balaban J connectivity index is 1.64. The van der Waals surface area contributed by atoms with Crippen molar-refractivity contribution >= 4 is 9.84 Å². The lowest BCUT2D eigenvalue weighted by Gasteiger charge is -2.23. The zero-order valence-electron chi connectivity index (χ0n) is 10.8. The van der Waals surface area contributed by atoms with Gasteiger partial charge < -0.3 is 14.8 Å². The highest BCUT2D eigenvalue weighted by Crippen LogP contribution is 2.14. The first-order valence-electron chi connectivity index (χ1n) is 6.79. The van der Waals surface area contributed by atoms with Crippen LogP contribution in [0.2, 0.25) is 0 Å². The molecule has 18 heavy (non-hydrogen) atoms. The van der Waals surface area contributed by atoms with E-state index in [0.29, 0.717) is 19.2 Å². The lowest BCUT2D eigenvalue weighted by molar-refractivity contribution is 0.0785. The van der Waals surface area contributed by atoms with Crippen molar-refractivity contribution in [3.05, 3.63) is 0 Å². The summed E-state index contributed by atoms with van der Waals surface area (Å²) < 4.78 is 34.4. The molecule has 2 aliphatic heterocycles. The van der Waals surface area contributed by atoms with Crippen LogP contribution >= 0.6 is 0 Å². The molecule has 5 nitrogen and oxygen atoms in total. The van der Waals surface area contributed by atoms with Gasteiger partial charge in [0.2, 0.25) is 0 Å². The van der Waals surface area contributed by atoms with E-state index < -0.39 is 9.84 Å². The molecule has 0 aromatic rings. The van der Waals surface area contributed by atoms with Crippen molar-refractivity contribution in [1.29, 1.82) is 0 Å². The van der Waals surface area contributed by atoms with Gasteiger partial charge in [-0.05, 0) is 25.7 Å². The summed E-state index contributed by atoms with van der Waals surface area (Å²) in [4.78, 5) is 0. The van der Waals surface area contributed by atoms with E-state index in [4.69, 9.17) is 9.47 Å². The average Bonchev–Trinajstić information content (AvgIpc) is 2.82. The fourth-order valence-electron chi connectivity index (χ4n) is 2.46. The Hall–Kier alpha value is -0.170. The molecule has 1 atom stereocenters. The van der Waals surface area contributed by atoms with E-state index in [0.717, 1.165) is 38.9 Å². The maximum absolute atomic E-state index is 11.9. The van der Waals surface area contributed by atoms with Gasteiger partial charge in [0.25, 0.3) is 0 Å². The predicted molar refractivity (Wildman–Crippen MR) is 69.5 cm³/mol. The first-order valence-corrected chi connectivity index (χ1v) is 8.61. The molecule has 1 unspecified atom stereocenters. The SMILES string of the molecule is O=S(=O)(CCNC1CCOCC1)CC1CCCO1. The topological polar surface area (TPSA) is 64.6 Å². The number of hydrogen-bond donors (Lipinski definition) is 1. The summed E-state index contributed by atoms with van der Waals surface area (Å²) in [6.07, 6.45) is 3.75. The highest BCUT2D eigenvalue weighted by atomic mass is 32.2. The Morgan fingerprint density at radius 3 is 2.56 bits per heavy atom. The van der Waals surface area contributed by atoms with E-state index in [2.05, 4.69) is 5.32 Å². The Bertz CT molecular complexity index is 332. The maximum atomic E-state index is 11.9.